The summed E-state index contributed by atoms with van der Waals surface area (Å²) in [4.78, 5) is 4.39. The molecule has 2 saturated carbocycles. The minimum absolute atomic E-state index is 0. The molecule has 0 aromatic heterocycles. The van der Waals surface area contributed by atoms with Crippen molar-refractivity contribution in [2.45, 2.75) is 38.0 Å². The molecule has 2 N–H and O–H groups in total. The summed E-state index contributed by atoms with van der Waals surface area (Å²) in [6, 6.07) is 10.8. The Morgan fingerprint density at radius 3 is 2.60 bits per heavy atom. The molecule has 1 aromatic carbocycles. The van der Waals surface area contributed by atoms with Gasteiger partial charge in [0.15, 0.2) is 5.96 Å². The van der Waals surface area contributed by atoms with Gasteiger partial charge in [-0.15, -0.1) is 24.0 Å². The molecule has 0 bridgehead atoms. The van der Waals surface area contributed by atoms with Gasteiger partial charge in [0.1, 0.15) is 0 Å². The van der Waals surface area contributed by atoms with Crippen LogP contribution in [-0.2, 0) is 4.74 Å². The lowest BCUT2D eigenvalue weighted by Crippen LogP contribution is -2.47. The maximum Gasteiger partial charge on any atom is 0.191 e. The van der Waals surface area contributed by atoms with Crippen LogP contribution in [-0.4, -0.2) is 39.8 Å². The van der Waals surface area contributed by atoms with Crippen molar-refractivity contribution in [3.63, 3.8) is 0 Å². The number of ether oxygens (including phenoxy) is 1. The molecule has 2 aliphatic rings. The van der Waals surface area contributed by atoms with Crippen LogP contribution in [0.1, 0.15) is 43.6 Å². The van der Waals surface area contributed by atoms with Crippen LogP contribution < -0.4 is 10.6 Å². The zero-order valence-corrected chi connectivity index (χ0v) is 17.8. The minimum Gasteiger partial charge on any atom is -0.385 e. The SMILES string of the molecule is CN=C(NCC1CC1c1ccccc1)NCC1(CCOC)CCC1.I. The number of aliphatic imine (C=N–C) groups is 1. The molecule has 3 rings (SSSR count). The first kappa shape index (κ1) is 20.5. The van der Waals surface area contributed by atoms with Gasteiger partial charge in [-0.3, -0.25) is 4.99 Å². The number of benzene rings is 1. The summed E-state index contributed by atoms with van der Waals surface area (Å²) < 4.78 is 5.27. The van der Waals surface area contributed by atoms with Gasteiger partial charge in [0.05, 0.1) is 0 Å². The van der Waals surface area contributed by atoms with E-state index in [4.69, 9.17) is 4.74 Å². The largest absolute Gasteiger partial charge is 0.385 e. The molecule has 2 aliphatic carbocycles. The average Bonchev–Trinajstić information content (AvgIpc) is 3.36. The van der Waals surface area contributed by atoms with Crippen LogP contribution in [0.2, 0.25) is 0 Å². The summed E-state index contributed by atoms with van der Waals surface area (Å²) in [7, 11) is 3.65. The first-order valence-electron chi connectivity index (χ1n) is 9.25. The number of hydrogen-bond acceptors (Lipinski definition) is 2. The van der Waals surface area contributed by atoms with E-state index in [1.807, 2.05) is 7.05 Å². The van der Waals surface area contributed by atoms with Gasteiger partial charge in [-0.25, -0.2) is 0 Å². The fourth-order valence-electron chi connectivity index (χ4n) is 3.81. The molecule has 0 saturated heterocycles. The number of nitrogens with zero attached hydrogens (tertiary/aromatic N) is 1. The highest BCUT2D eigenvalue weighted by Crippen LogP contribution is 2.46. The lowest BCUT2D eigenvalue weighted by molar-refractivity contribution is 0.0732. The minimum atomic E-state index is 0. The van der Waals surface area contributed by atoms with Crippen LogP contribution >= 0.6 is 24.0 Å². The molecular weight excluding hydrogens is 425 g/mol. The predicted octanol–water partition coefficient (Wildman–Crippen LogP) is 3.78. The van der Waals surface area contributed by atoms with Gasteiger partial charge in [0.2, 0.25) is 0 Å². The van der Waals surface area contributed by atoms with E-state index in [1.54, 1.807) is 7.11 Å². The summed E-state index contributed by atoms with van der Waals surface area (Å²) >= 11 is 0. The first-order valence-corrected chi connectivity index (χ1v) is 9.25. The predicted molar refractivity (Wildman–Crippen MR) is 115 cm³/mol. The molecule has 0 amide bonds. The van der Waals surface area contributed by atoms with Gasteiger partial charge in [0, 0.05) is 33.9 Å². The molecule has 0 radical (unpaired) electrons. The summed E-state index contributed by atoms with van der Waals surface area (Å²) in [5.41, 5.74) is 1.89. The third kappa shape index (κ3) is 5.58. The van der Waals surface area contributed by atoms with Crippen LogP contribution in [0, 0.1) is 11.3 Å². The van der Waals surface area contributed by atoms with Gasteiger partial charge in [0.25, 0.3) is 0 Å². The molecule has 4 nitrogen and oxygen atoms in total. The molecular formula is C20H32IN3O. The molecule has 5 heteroatoms. The number of hydrogen-bond donors (Lipinski definition) is 2. The van der Waals surface area contributed by atoms with Crippen molar-refractivity contribution in [3.8, 4) is 0 Å². The zero-order chi connectivity index (χ0) is 16.8. The van der Waals surface area contributed by atoms with E-state index >= 15 is 0 Å². The third-order valence-electron chi connectivity index (χ3n) is 5.79. The fourth-order valence-corrected chi connectivity index (χ4v) is 3.81. The monoisotopic (exact) mass is 457 g/mol. The molecule has 140 valence electrons. The van der Waals surface area contributed by atoms with E-state index in [0.29, 0.717) is 5.41 Å². The van der Waals surface area contributed by atoms with Crippen LogP contribution in [0.4, 0.5) is 0 Å². The number of rotatable bonds is 8. The highest BCUT2D eigenvalue weighted by Gasteiger charge is 2.38. The average molecular weight is 457 g/mol. The molecule has 0 heterocycles. The quantitative estimate of drug-likeness (QED) is 0.355. The Kier molecular flexibility index (Phi) is 8.00. The van der Waals surface area contributed by atoms with E-state index < -0.39 is 0 Å². The van der Waals surface area contributed by atoms with Crippen molar-refractivity contribution < 1.29 is 4.74 Å². The van der Waals surface area contributed by atoms with Crippen molar-refractivity contribution in [2.75, 3.05) is 33.9 Å². The second-order valence-electron chi connectivity index (χ2n) is 7.42. The summed E-state index contributed by atoms with van der Waals surface area (Å²) in [6.07, 6.45) is 6.38. The topological polar surface area (TPSA) is 45.7 Å². The van der Waals surface area contributed by atoms with E-state index in [9.17, 15) is 0 Å². The Morgan fingerprint density at radius 2 is 2.00 bits per heavy atom. The van der Waals surface area contributed by atoms with Gasteiger partial charge in [-0.05, 0) is 48.5 Å². The lowest BCUT2D eigenvalue weighted by atomic mass is 9.67. The molecule has 0 spiro atoms. The highest BCUT2D eigenvalue weighted by atomic mass is 127. The van der Waals surface area contributed by atoms with Gasteiger partial charge in [-0.1, -0.05) is 36.8 Å². The number of methoxy groups -OCH3 is 1. The molecule has 0 aliphatic heterocycles. The van der Waals surface area contributed by atoms with E-state index in [-0.39, 0.29) is 24.0 Å². The molecule has 25 heavy (non-hydrogen) atoms. The van der Waals surface area contributed by atoms with E-state index in [0.717, 1.165) is 43.9 Å². The van der Waals surface area contributed by atoms with Crippen LogP contribution in [0.25, 0.3) is 0 Å². The standard InChI is InChI=1S/C20H31N3O.HI/c1-21-19(23-15-20(9-6-10-20)11-12-24-2)22-14-17-13-18(17)16-7-4-3-5-8-16;/h3-5,7-8,17-18H,6,9-15H2,1-2H3,(H2,21,22,23);1H. The Balaban J connectivity index is 0.00000225. The number of guanidine groups is 1. The Labute approximate surface area is 169 Å². The molecule has 2 atom stereocenters. The Morgan fingerprint density at radius 1 is 1.24 bits per heavy atom. The zero-order valence-electron chi connectivity index (χ0n) is 15.5. The lowest BCUT2D eigenvalue weighted by Gasteiger charge is -2.42. The van der Waals surface area contributed by atoms with Crippen molar-refractivity contribution in [1.29, 1.82) is 0 Å². The molecule has 1 aromatic rings. The van der Waals surface area contributed by atoms with Crippen LogP contribution in [0.5, 0.6) is 0 Å². The summed E-state index contributed by atoms with van der Waals surface area (Å²) in [5.74, 6) is 2.39. The van der Waals surface area contributed by atoms with E-state index in [1.165, 1.54) is 31.2 Å². The van der Waals surface area contributed by atoms with Crippen molar-refractivity contribution in [1.82, 2.24) is 10.6 Å². The smallest absolute Gasteiger partial charge is 0.191 e. The first-order chi connectivity index (χ1) is 11.8. The Bertz CT molecular complexity index is 545. The number of halogens is 1. The van der Waals surface area contributed by atoms with Crippen molar-refractivity contribution >= 4 is 29.9 Å². The molecule has 2 fully saturated rings. The number of nitrogens with one attached hydrogen (secondary N) is 2. The summed E-state index contributed by atoms with van der Waals surface area (Å²) in [6.45, 7) is 2.86. The normalized spacial score (nSPS) is 24.0. The van der Waals surface area contributed by atoms with Gasteiger partial charge < -0.3 is 15.4 Å². The maximum atomic E-state index is 5.27. The summed E-state index contributed by atoms with van der Waals surface area (Å²) in [5, 5.41) is 7.06. The van der Waals surface area contributed by atoms with Crippen molar-refractivity contribution in [3.05, 3.63) is 35.9 Å². The maximum absolute atomic E-state index is 5.27. The van der Waals surface area contributed by atoms with E-state index in [2.05, 4.69) is 46.0 Å². The van der Waals surface area contributed by atoms with Gasteiger partial charge >= 0.3 is 0 Å². The van der Waals surface area contributed by atoms with Crippen LogP contribution in [0.15, 0.2) is 35.3 Å². The Hall–Kier alpha value is -0.820. The van der Waals surface area contributed by atoms with Crippen LogP contribution in [0.3, 0.4) is 0 Å². The van der Waals surface area contributed by atoms with Gasteiger partial charge in [-0.2, -0.15) is 0 Å². The van der Waals surface area contributed by atoms with Crippen molar-refractivity contribution in [2.24, 2.45) is 16.3 Å². The molecule has 2 unspecified atom stereocenters. The third-order valence-corrected chi connectivity index (χ3v) is 5.79. The fraction of sp³-hybridized carbons (Fsp3) is 0.650. The second kappa shape index (κ2) is 9.76. The highest BCUT2D eigenvalue weighted by molar-refractivity contribution is 14.0. The second-order valence-corrected chi connectivity index (χ2v) is 7.42.